The molecule has 0 bridgehead atoms. The first-order chi connectivity index (χ1) is 13.6. The topological polar surface area (TPSA) is 88.3 Å². The molecule has 3 aromatic rings. The third-order valence-corrected chi connectivity index (χ3v) is 5.86. The number of furan rings is 1. The van der Waals surface area contributed by atoms with Crippen molar-refractivity contribution in [3.63, 3.8) is 0 Å². The molecule has 0 saturated carbocycles. The lowest BCUT2D eigenvalue weighted by atomic mass is 9.98. The largest absolute Gasteiger partial charge is 0.459 e. The van der Waals surface area contributed by atoms with Crippen LogP contribution in [0.4, 0.5) is 5.69 Å². The highest BCUT2D eigenvalue weighted by Gasteiger charge is 2.29. The van der Waals surface area contributed by atoms with Crippen molar-refractivity contribution in [1.29, 1.82) is 0 Å². The molecule has 7 nitrogen and oxygen atoms in total. The summed E-state index contributed by atoms with van der Waals surface area (Å²) in [6.45, 7) is 1.21. The first-order valence-corrected chi connectivity index (χ1v) is 10.0. The van der Waals surface area contributed by atoms with E-state index in [1.54, 1.807) is 41.3 Å². The van der Waals surface area contributed by atoms with Crippen LogP contribution in [0.1, 0.15) is 44.1 Å². The average molecular weight is 417 g/mol. The number of carbonyl (C=O) groups is 2. The number of hydrogen-bond donors (Lipinski definition) is 1. The molecule has 1 fully saturated rings. The zero-order chi connectivity index (χ0) is 19.5. The molecule has 2 amide bonds. The third-order valence-electron chi connectivity index (χ3n) is 4.53. The van der Waals surface area contributed by atoms with Crippen LogP contribution in [0.5, 0.6) is 0 Å². The standard InChI is InChI=1S/C19H17ClN4O3S/c20-13-5-7-14(8-6-13)21-16(25)18-23-22-17(28-18)12-3-1-9-24(11-12)19(26)15-4-2-10-27-15/h2,4-8,10,12H,1,3,9,11H2,(H,21,25)/t12-/m1/s1. The van der Waals surface area contributed by atoms with Crippen LogP contribution in [0, 0.1) is 0 Å². The van der Waals surface area contributed by atoms with Gasteiger partial charge in [-0.3, -0.25) is 9.59 Å². The number of hydrogen-bond acceptors (Lipinski definition) is 6. The van der Waals surface area contributed by atoms with Crippen LogP contribution in [0.3, 0.4) is 0 Å². The van der Waals surface area contributed by atoms with E-state index in [4.69, 9.17) is 16.0 Å². The van der Waals surface area contributed by atoms with Crippen LogP contribution in [-0.2, 0) is 0 Å². The van der Waals surface area contributed by atoms with E-state index < -0.39 is 0 Å². The Bertz CT molecular complexity index is 971. The minimum atomic E-state index is -0.314. The van der Waals surface area contributed by atoms with Gasteiger partial charge in [-0.15, -0.1) is 10.2 Å². The summed E-state index contributed by atoms with van der Waals surface area (Å²) in [5, 5.41) is 12.7. The van der Waals surface area contributed by atoms with Crippen molar-refractivity contribution in [3.05, 3.63) is 63.5 Å². The van der Waals surface area contributed by atoms with E-state index in [2.05, 4.69) is 15.5 Å². The smallest absolute Gasteiger partial charge is 0.289 e. The maximum absolute atomic E-state index is 12.5. The van der Waals surface area contributed by atoms with E-state index in [0.717, 1.165) is 17.8 Å². The van der Waals surface area contributed by atoms with Gasteiger partial charge < -0.3 is 14.6 Å². The van der Waals surface area contributed by atoms with Gasteiger partial charge in [-0.1, -0.05) is 22.9 Å². The number of piperidine rings is 1. The number of carbonyl (C=O) groups excluding carboxylic acids is 2. The van der Waals surface area contributed by atoms with Crippen LogP contribution in [0.15, 0.2) is 47.1 Å². The first kappa shape index (κ1) is 18.6. The van der Waals surface area contributed by atoms with Gasteiger partial charge in [0.05, 0.1) is 6.26 Å². The molecule has 2 aromatic heterocycles. The lowest BCUT2D eigenvalue weighted by Gasteiger charge is -2.30. The van der Waals surface area contributed by atoms with Crippen molar-refractivity contribution in [2.45, 2.75) is 18.8 Å². The molecule has 0 unspecified atom stereocenters. The molecular formula is C19H17ClN4O3S. The summed E-state index contributed by atoms with van der Waals surface area (Å²) in [6, 6.07) is 10.2. The summed E-state index contributed by atoms with van der Waals surface area (Å²) in [5.74, 6) is -0.0477. The number of halogens is 1. The highest BCUT2D eigenvalue weighted by molar-refractivity contribution is 7.13. The summed E-state index contributed by atoms with van der Waals surface area (Å²) < 4.78 is 5.21. The monoisotopic (exact) mass is 416 g/mol. The first-order valence-electron chi connectivity index (χ1n) is 8.83. The predicted molar refractivity (Wildman–Crippen MR) is 106 cm³/mol. The minimum Gasteiger partial charge on any atom is -0.459 e. The Balaban J connectivity index is 1.42. The number of rotatable bonds is 4. The van der Waals surface area contributed by atoms with Crippen molar-refractivity contribution in [2.75, 3.05) is 18.4 Å². The number of benzene rings is 1. The van der Waals surface area contributed by atoms with Crippen LogP contribution in [0.2, 0.25) is 5.02 Å². The van der Waals surface area contributed by atoms with Crippen molar-refractivity contribution >= 4 is 40.4 Å². The fraction of sp³-hybridized carbons (Fsp3) is 0.263. The van der Waals surface area contributed by atoms with Gasteiger partial charge in [-0.05, 0) is 49.2 Å². The molecule has 1 saturated heterocycles. The van der Waals surface area contributed by atoms with Gasteiger partial charge in [-0.2, -0.15) is 0 Å². The van der Waals surface area contributed by atoms with Gasteiger partial charge in [0, 0.05) is 29.7 Å². The van der Waals surface area contributed by atoms with Crippen LogP contribution >= 0.6 is 22.9 Å². The number of aromatic nitrogens is 2. The predicted octanol–water partition coefficient (Wildman–Crippen LogP) is 4.06. The average Bonchev–Trinajstić information content (AvgIpc) is 3.41. The third kappa shape index (κ3) is 4.07. The highest BCUT2D eigenvalue weighted by atomic mass is 35.5. The van der Waals surface area contributed by atoms with Crippen molar-refractivity contribution in [3.8, 4) is 0 Å². The Morgan fingerprint density at radius 1 is 1.21 bits per heavy atom. The SMILES string of the molecule is O=C(Nc1ccc(Cl)cc1)c1nnc([C@@H]2CCCN(C(=O)c3ccco3)C2)s1. The lowest BCUT2D eigenvalue weighted by Crippen LogP contribution is -2.38. The normalized spacial score (nSPS) is 16.8. The number of anilines is 1. The Labute approximate surface area is 170 Å². The molecule has 9 heteroatoms. The van der Waals surface area contributed by atoms with Gasteiger partial charge in [-0.25, -0.2) is 0 Å². The minimum absolute atomic E-state index is 0.0576. The molecule has 4 rings (SSSR count). The van der Waals surface area contributed by atoms with Crippen LogP contribution < -0.4 is 5.32 Å². The molecule has 28 heavy (non-hydrogen) atoms. The van der Waals surface area contributed by atoms with E-state index in [-0.39, 0.29) is 17.7 Å². The zero-order valence-electron chi connectivity index (χ0n) is 14.8. The van der Waals surface area contributed by atoms with Gasteiger partial charge in [0.1, 0.15) is 5.01 Å². The summed E-state index contributed by atoms with van der Waals surface area (Å²) >= 11 is 7.11. The van der Waals surface area contributed by atoms with E-state index in [1.165, 1.54) is 17.6 Å². The molecular weight excluding hydrogens is 400 g/mol. The molecule has 1 atom stereocenters. The molecule has 1 aliphatic rings. The van der Waals surface area contributed by atoms with Gasteiger partial charge in [0.2, 0.25) is 5.01 Å². The fourth-order valence-electron chi connectivity index (χ4n) is 3.13. The van der Waals surface area contributed by atoms with Gasteiger partial charge in [0.15, 0.2) is 5.76 Å². The Hall–Kier alpha value is -2.71. The summed E-state index contributed by atoms with van der Waals surface area (Å²) in [4.78, 5) is 26.7. The molecule has 1 N–H and O–H groups in total. The second-order valence-corrected chi connectivity index (χ2v) is 7.92. The summed E-state index contributed by atoms with van der Waals surface area (Å²) in [5.41, 5.74) is 0.638. The fourth-order valence-corrected chi connectivity index (χ4v) is 4.12. The molecule has 0 radical (unpaired) electrons. The van der Waals surface area contributed by atoms with E-state index in [0.29, 0.717) is 34.6 Å². The molecule has 1 aromatic carbocycles. The maximum atomic E-state index is 12.5. The zero-order valence-corrected chi connectivity index (χ0v) is 16.4. The van der Waals surface area contributed by atoms with E-state index >= 15 is 0 Å². The Morgan fingerprint density at radius 2 is 2.04 bits per heavy atom. The highest BCUT2D eigenvalue weighted by Crippen LogP contribution is 2.30. The maximum Gasteiger partial charge on any atom is 0.289 e. The number of amides is 2. The molecule has 144 valence electrons. The quantitative estimate of drug-likeness (QED) is 0.692. The van der Waals surface area contributed by atoms with E-state index in [1.807, 2.05) is 0 Å². The summed E-state index contributed by atoms with van der Waals surface area (Å²) in [7, 11) is 0. The molecule has 0 spiro atoms. The second-order valence-electron chi connectivity index (χ2n) is 6.47. The van der Waals surface area contributed by atoms with Crippen molar-refractivity contribution in [2.24, 2.45) is 0 Å². The number of likely N-dealkylation sites (tertiary alicyclic amines) is 1. The van der Waals surface area contributed by atoms with Crippen molar-refractivity contribution in [1.82, 2.24) is 15.1 Å². The molecule has 0 aliphatic carbocycles. The summed E-state index contributed by atoms with van der Waals surface area (Å²) in [6.07, 6.45) is 3.25. The Kier molecular flexibility index (Phi) is 5.40. The number of nitrogens with one attached hydrogen (secondary N) is 1. The number of nitrogens with zero attached hydrogens (tertiary/aromatic N) is 3. The van der Waals surface area contributed by atoms with Gasteiger partial charge >= 0.3 is 0 Å². The van der Waals surface area contributed by atoms with Crippen LogP contribution in [-0.4, -0.2) is 40.0 Å². The molecule has 3 heterocycles. The Morgan fingerprint density at radius 3 is 2.79 bits per heavy atom. The van der Waals surface area contributed by atoms with Crippen LogP contribution in [0.25, 0.3) is 0 Å². The van der Waals surface area contributed by atoms with Gasteiger partial charge in [0.25, 0.3) is 11.8 Å². The van der Waals surface area contributed by atoms with E-state index in [9.17, 15) is 9.59 Å². The molecule has 1 aliphatic heterocycles. The van der Waals surface area contributed by atoms with Crippen molar-refractivity contribution < 1.29 is 14.0 Å². The second kappa shape index (κ2) is 8.12. The lowest BCUT2D eigenvalue weighted by molar-refractivity contribution is 0.0674.